The predicted octanol–water partition coefficient (Wildman–Crippen LogP) is 1.54. The van der Waals surface area contributed by atoms with Gasteiger partial charge in [0.15, 0.2) is 0 Å². The summed E-state index contributed by atoms with van der Waals surface area (Å²) in [7, 11) is 0. The highest BCUT2D eigenvalue weighted by Gasteiger charge is 2.53. The number of hydrogen-bond donors (Lipinski definition) is 2. The second-order valence-corrected chi connectivity index (χ2v) is 5.05. The van der Waals surface area contributed by atoms with Gasteiger partial charge in [0, 0.05) is 12.6 Å². The summed E-state index contributed by atoms with van der Waals surface area (Å²) in [5.74, 6) is 1.01. The van der Waals surface area contributed by atoms with E-state index >= 15 is 0 Å². The molecular weight excluding hydrogens is 162 g/mol. The van der Waals surface area contributed by atoms with E-state index in [9.17, 15) is 5.11 Å². The lowest BCUT2D eigenvalue weighted by Gasteiger charge is -2.21. The van der Waals surface area contributed by atoms with Crippen LogP contribution in [-0.4, -0.2) is 23.8 Å². The summed E-state index contributed by atoms with van der Waals surface area (Å²) in [6, 6.07) is 0.247. The Hall–Kier alpha value is -0.0800. The van der Waals surface area contributed by atoms with Crippen LogP contribution < -0.4 is 5.32 Å². The smallest absolute Gasteiger partial charge is 0.0662 e. The average Bonchev–Trinajstić information content (AvgIpc) is 2.90. The summed E-state index contributed by atoms with van der Waals surface area (Å²) in [6.07, 6.45) is 5.50. The van der Waals surface area contributed by atoms with Crippen molar-refractivity contribution in [1.29, 1.82) is 0 Å². The van der Waals surface area contributed by atoms with E-state index in [1.165, 1.54) is 25.7 Å². The molecule has 2 rings (SSSR count). The lowest BCUT2D eigenvalue weighted by atomic mass is 10.00. The Morgan fingerprint density at radius 2 is 2.00 bits per heavy atom. The molecule has 76 valence electrons. The molecule has 0 aromatic carbocycles. The minimum Gasteiger partial charge on any atom is -0.392 e. The van der Waals surface area contributed by atoms with Gasteiger partial charge in [0.1, 0.15) is 0 Å². The van der Waals surface area contributed by atoms with E-state index in [-0.39, 0.29) is 12.1 Å². The van der Waals surface area contributed by atoms with Gasteiger partial charge in [-0.3, -0.25) is 0 Å². The minimum absolute atomic E-state index is 0.227. The van der Waals surface area contributed by atoms with Crippen LogP contribution in [0.2, 0.25) is 0 Å². The average molecular weight is 183 g/mol. The van der Waals surface area contributed by atoms with E-state index in [4.69, 9.17) is 0 Å². The molecule has 2 nitrogen and oxygen atoms in total. The zero-order valence-corrected chi connectivity index (χ0v) is 8.71. The summed E-state index contributed by atoms with van der Waals surface area (Å²) in [5, 5.41) is 12.8. The van der Waals surface area contributed by atoms with E-state index in [1.807, 2.05) is 6.92 Å². The molecule has 0 radical (unpaired) electrons. The largest absolute Gasteiger partial charge is 0.392 e. The summed E-state index contributed by atoms with van der Waals surface area (Å²) >= 11 is 0. The van der Waals surface area contributed by atoms with Gasteiger partial charge in [0.05, 0.1) is 6.10 Å². The summed E-state index contributed by atoms with van der Waals surface area (Å²) in [5.41, 5.74) is 0.656. The fourth-order valence-electron chi connectivity index (χ4n) is 2.12. The molecule has 0 saturated heterocycles. The van der Waals surface area contributed by atoms with Crippen molar-refractivity contribution < 1.29 is 5.11 Å². The van der Waals surface area contributed by atoms with Crippen LogP contribution in [0.5, 0.6) is 0 Å². The first kappa shape index (κ1) is 9.47. The van der Waals surface area contributed by atoms with Gasteiger partial charge < -0.3 is 10.4 Å². The van der Waals surface area contributed by atoms with Gasteiger partial charge in [-0.25, -0.2) is 0 Å². The molecule has 0 aromatic rings. The molecule has 2 aliphatic rings. The Morgan fingerprint density at radius 1 is 1.38 bits per heavy atom. The van der Waals surface area contributed by atoms with Crippen LogP contribution in [0.4, 0.5) is 0 Å². The summed E-state index contributed by atoms with van der Waals surface area (Å²) in [4.78, 5) is 0. The molecular formula is C11H21NO. The third-order valence-corrected chi connectivity index (χ3v) is 3.84. The number of aliphatic hydroxyl groups is 1. The van der Waals surface area contributed by atoms with Crippen LogP contribution in [0, 0.1) is 11.3 Å². The van der Waals surface area contributed by atoms with E-state index in [2.05, 4.69) is 12.2 Å². The molecule has 2 aliphatic carbocycles. The monoisotopic (exact) mass is 183 g/mol. The highest BCUT2D eigenvalue weighted by Crippen LogP contribution is 2.60. The molecule has 2 N–H and O–H groups in total. The number of hydrogen-bond acceptors (Lipinski definition) is 2. The van der Waals surface area contributed by atoms with E-state index < -0.39 is 0 Å². The summed E-state index contributed by atoms with van der Waals surface area (Å²) in [6.45, 7) is 5.05. The third-order valence-electron chi connectivity index (χ3n) is 3.84. The Kier molecular flexibility index (Phi) is 2.37. The van der Waals surface area contributed by atoms with Gasteiger partial charge in [0.2, 0.25) is 0 Å². The first-order valence-corrected chi connectivity index (χ1v) is 5.55. The van der Waals surface area contributed by atoms with Crippen LogP contribution in [-0.2, 0) is 0 Å². The van der Waals surface area contributed by atoms with Crippen molar-refractivity contribution in [2.45, 2.75) is 51.7 Å². The lowest BCUT2D eigenvalue weighted by molar-refractivity contribution is 0.148. The van der Waals surface area contributed by atoms with Crippen LogP contribution in [0.25, 0.3) is 0 Å². The van der Waals surface area contributed by atoms with Gasteiger partial charge in [-0.2, -0.15) is 0 Å². The van der Waals surface area contributed by atoms with Crippen LogP contribution >= 0.6 is 0 Å². The van der Waals surface area contributed by atoms with Gasteiger partial charge in [-0.05, 0) is 50.9 Å². The lowest BCUT2D eigenvalue weighted by Crippen LogP contribution is -2.39. The number of nitrogens with one attached hydrogen (secondary N) is 1. The maximum Gasteiger partial charge on any atom is 0.0662 e. The molecule has 0 aliphatic heterocycles. The highest BCUT2D eigenvalue weighted by atomic mass is 16.3. The van der Waals surface area contributed by atoms with Gasteiger partial charge in [0.25, 0.3) is 0 Å². The molecule has 13 heavy (non-hydrogen) atoms. The quantitative estimate of drug-likeness (QED) is 0.677. The number of rotatable bonds is 5. The van der Waals surface area contributed by atoms with Crippen molar-refractivity contribution in [3.05, 3.63) is 0 Å². The van der Waals surface area contributed by atoms with Crippen molar-refractivity contribution in [3.8, 4) is 0 Å². The molecule has 0 spiro atoms. The molecule has 2 atom stereocenters. The normalized spacial score (nSPS) is 29.8. The predicted molar refractivity (Wildman–Crippen MR) is 53.5 cm³/mol. The topological polar surface area (TPSA) is 32.3 Å². The molecule has 2 heteroatoms. The first-order valence-electron chi connectivity index (χ1n) is 5.55. The molecule has 0 heterocycles. The molecule has 2 fully saturated rings. The Balaban J connectivity index is 1.72. The van der Waals surface area contributed by atoms with Crippen LogP contribution in [0.15, 0.2) is 0 Å². The molecule has 0 aromatic heterocycles. The van der Waals surface area contributed by atoms with Crippen molar-refractivity contribution in [1.82, 2.24) is 5.32 Å². The SMILES string of the molecule is CC(O)C(C)NCC1(C2CC2)CC1. The van der Waals surface area contributed by atoms with Gasteiger partial charge >= 0.3 is 0 Å². The van der Waals surface area contributed by atoms with Crippen molar-refractivity contribution in [2.75, 3.05) is 6.54 Å². The number of aliphatic hydroxyl groups excluding tert-OH is 1. The molecule has 2 saturated carbocycles. The van der Waals surface area contributed by atoms with E-state index in [0.717, 1.165) is 12.5 Å². The fourth-order valence-corrected chi connectivity index (χ4v) is 2.12. The molecule has 0 amide bonds. The first-order chi connectivity index (χ1) is 6.14. The zero-order valence-electron chi connectivity index (χ0n) is 8.71. The fraction of sp³-hybridized carbons (Fsp3) is 1.00. The third kappa shape index (κ3) is 2.05. The van der Waals surface area contributed by atoms with Crippen molar-refractivity contribution in [2.24, 2.45) is 11.3 Å². The molecule has 2 unspecified atom stereocenters. The Labute approximate surface area is 80.7 Å². The maximum atomic E-state index is 9.33. The van der Waals surface area contributed by atoms with Gasteiger partial charge in [-0.1, -0.05) is 0 Å². The standard InChI is InChI=1S/C11H21NO/c1-8(9(2)13)12-7-11(5-6-11)10-3-4-10/h8-10,12-13H,3-7H2,1-2H3. The second-order valence-electron chi connectivity index (χ2n) is 5.05. The molecule has 0 bridgehead atoms. The Morgan fingerprint density at radius 3 is 2.38 bits per heavy atom. The minimum atomic E-state index is -0.227. The van der Waals surface area contributed by atoms with Crippen molar-refractivity contribution in [3.63, 3.8) is 0 Å². The van der Waals surface area contributed by atoms with E-state index in [1.54, 1.807) is 0 Å². The summed E-state index contributed by atoms with van der Waals surface area (Å²) < 4.78 is 0. The van der Waals surface area contributed by atoms with Gasteiger partial charge in [-0.15, -0.1) is 0 Å². The van der Waals surface area contributed by atoms with Crippen LogP contribution in [0.1, 0.15) is 39.5 Å². The second kappa shape index (κ2) is 3.25. The van der Waals surface area contributed by atoms with Crippen molar-refractivity contribution >= 4 is 0 Å². The van der Waals surface area contributed by atoms with Crippen LogP contribution in [0.3, 0.4) is 0 Å². The maximum absolute atomic E-state index is 9.33. The zero-order chi connectivity index (χ0) is 9.47. The Bertz CT molecular complexity index is 183. The highest BCUT2D eigenvalue weighted by molar-refractivity contribution is 5.05. The van der Waals surface area contributed by atoms with E-state index in [0.29, 0.717) is 5.41 Å².